The molecular weight excluding hydrogens is 234 g/mol. The summed E-state index contributed by atoms with van der Waals surface area (Å²) in [5, 5.41) is 2.04. The first kappa shape index (κ1) is 16.6. The van der Waals surface area contributed by atoms with Crippen LogP contribution in [0.5, 0.6) is 0 Å². The van der Waals surface area contributed by atoms with E-state index in [1.54, 1.807) is 0 Å². The molecule has 0 saturated carbocycles. The summed E-state index contributed by atoms with van der Waals surface area (Å²) < 4.78 is 10.0. The average molecular weight is 257 g/mol. The van der Waals surface area contributed by atoms with Crippen LogP contribution in [0.1, 0.15) is 39.5 Å². The number of carbonyl (C=O) groups is 2. The second kappa shape index (κ2) is 10.8. The zero-order chi connectivity index (χ0) is 13.8. The summed E-state index contributed by atoms with van der Waals surface area (Å²) in [6, 6.07) is 0. The van der Waals surface area contributed by atoms with Crippen LogP contribution >= 0.6 is 0 Å². The van der Waals surface area contributed by atoms with Gasteiger partial charge in [0.2, 0.25) is 0 Å². The van der Waals surface area contributed by atoms with Crippen molar-refractivity contribution in [3.8, 4) is 0 Å². The summed E-state index contributed by atoms with van der Waals surface area (Å²) in [7, 11) is 0. The van der Waals surface area contributed by atoms with Gasteiger partial charge in [0, 0.05) is 12.2 Å². The second-order valence-electron chi connectivity index (χ2n) is 4.04. The van der Waals surface area contributed by atoms with Crippen LogP contribution in [0.3, 0.4) is 0 Å². The van der Waals surface area contributed by atoms with Crippen molar-refractivity contribution in [1.82, 2.24) is 5.32 Å². The van der Waals surface area contributed by atoms with Crippen molar-refractivity contribution in [3.63, 3.8) is 0 Å². The van der Waals surface area contributed by atoms with Crippen LogP contribution in [-0.4, -0.2) is 31.8 Å². The molecule has 0 aliphatic heterocycles. The normalized spacial score (nSPS) is 9.89. The predicted octanol–water partition coefficient (Wildman–Crippen LogP) is 2.41. The molecule has 0 heterocycles. The number of ether oxygens (including phenoxy) is 2. The number of carbonyl (C=O) groups excluding carboxylic acids is 2. The first-order valence-corrected chi connectivity index (χ1v) is 6.29. The third kappa shape index (κ3) is 9.84. The largest absolute Gasteiger partial charge is 0.447 e. The maximum atomic E-state index is 11.1. The van der Waals surface area contributed by atoms with Gasteiger partial charge in [0.05, 0.1) is 6.61 Å². The van der Waals surface area contributed by atoms with E-state index >= 15 is 0 Å². The molecule has 0 spiro atoms. The van der Waals surface area contributed by atoms with Crippen molar-refractivity contribution in [2.75, 3.05) is 19.8 Å². The molecule has 0 saturated heterocycles. The molecule has 5 nitrogen and oxygen atoms in total. The highest BCUT2D eigenvalue weighted by atomic mass is 16.6. The fourth-order valence-electron chi connectivity index (χ4n) is 1.16. The van der Waals surface area contributed by atoms with E-state index in [-0.39, 0.29) is 12.2 Å². The summed E-state index contributed by atoms with van der Waals surface area (Å²) in [5.74, 6) is -0.527. The Kier molecular flexibility index (Phi) is 9.96. The van der Waals surface area contributed by atoms with Gasteiger partial charge < -0.3 is 9.47 Å². The van der Waals surface area contributed by atoms with Crippen LogP contribution in [-0.2, 0) is 14.3 Å². The number of alkyl carbamates (subject to hydrolysis) is 1. The lowest BCUT2D eigenvalue weighted by molar-refractivity contribution is -0.116. The van der Waals surface area contributed by atoms with Crippen LogP contribution in [0.15, 0.2) is 12.2 Å². The van der Waals surface area contributed by atoms with Crippen molar-refractivity contribution in [2.24, 2.45) is 0 Å². The lowest BCUT2D eigenvalue weighted by Crippen LogP contribution is -2.32. The Labute approximate surface area is 109 Å². The van der Waals surface area contributed by atoms with Crippen molar-refractivity contribution in [2.45, 2.75) is 39.5 Å². The third-order valence-electron chi connectivity index (χ3n) is 2.21. The maximum absolute atomic E-state index is 11.1. The van der Waals surface area contributed by atoms with E-state index < -0.39 is 12.0 Å². The number of imide groups is 1. The third-order valence-corrected chi connectivity index (χ3v) is 2.21. The Balaban J connectivity index is 3.36. The van der Waals surface area contributed by atoms with E-state index in [9.17, 15) is 9.59 Å². The molecule has 0 aliphatic carbocycles. The molecule has 0 aromatic heterocycles. The summed E-state index contributed by atoms with van der Waals surface area (Å²) in [6.45, 7) is 8.24. The Morgan fingerprint density at radius 1 is 1.11 bits per heavy atom. The minimum absolute atomic E-state index is 0.142. The molecule has 5 heteroatoms. The van der Waals surface area contributed by atoms with Gasteiger partial charge >= 0.3 is 6.09 Å². The molecule has 0 radical (unpaired) electrons. The van der Waals surface area contributed by atoms with Gasteiger partial charge in [-0.1, -0.05) is 32.8 Å². The van der Waals surface area contributed by atoms with Gasteiger partial charge in [-0.15, -0.1) is 0 Å². The molecule has 104 valence electrons. The number of hydrogen-bond acceptors (Lipinski definition) is 4. The molecule has 18 heavy (non-hydrogen) atoms. The van der Waals surface area contributed by atoms with E-state index in [1.165, 1.54) is 19.8 Å². The summed E-state index contributed by atoms with van der Waals surface area (Å²) in [5.41, 5.74) is 0.263. The summed E-state index contributed by atoms with van der Waals surface area (Å²) in [4.78, 5) is 22.1. The number of hydrogen-bond donors (Lipinski definition) is 1. The summed E-state index contributed by atoms with van der Waals surface area (Å²) >= 11 is 0. The maximum Gasteiger partial charge on any atom is 0.414 e. The molecule has 0 aromatic carbocycles. The van der Waals surface area contributed by atoms with E-state index in [0.29, 0.717) is 13.2 Å². The highest BCUT2D eigenvalue weighted by Crippen LogP contribution is 1.98. The smallest absolute Gasteiger partial charge is 0.414 e. The van der Waals surface area contributed by atoms with Crippen LogP contribution in [0.4, 0.5) is 4.79 Å². The molecule has 1 N–H and O–H groups in total. The lowest BCUT2D eigenvalue weighted by Gasteiger charge is -2.06. The minimum atomic E-state index is -0.766. The number of rotatable bonds is 9. The van der Waals surface area contributed by atoms with E-state index in [0.717, 1.165) is 12.8 Å². The Morgan fingerprint density at radius 3 is 2.44 bits per heavy atom. The molecular formula is C13H23NO4. The Bertz CT molecular complexity index is 276. The number of nitrogens with one attached hydrogen (secondary N) is 1. The van der Waals surface area contributed by atoms with Gasteiger partial charge in [-0.2, -0.15) is 0 Å². The molecule has 0 rings (SSSR count). The minimum Gasteiger partial charge on any atom is -0.447 e. The van der Waals surface area contributed by atoms with Crippen LogP contribution in [0.25, 0.3) is 0 Å². The summed E-state index contributed by atoms with van der Waals surface area (Å²) in [6.07, 6.45) is 3.82. The monoisotopic (exact) mass is 257 g/mol. The fourth-order valence-corrected chi connectivity index (χ4v) is 1.16. The first-order chi connectivity index (χ1) is 8.57. The standard InChI is InChI=1S/C13H23NO4/c1-4-5-6-7-8-17-9-10-18-13(16)14-12(15)11(2)3/h2,4-10H2,1,3H3,(H,14,15,16). The highest BCUT2D eigenvalue weighted by Gasteiger charge is 2.08. The van der Waals surface area contributed by atoms with Crippen molar-refractivity contribution in [3.05, 3.63) is 12.2 Å². The SMILES string of the molecule is C=C(C)C(=O)NC(=O)OCCOCCCCCC. The molecule has 0 aliphatic rings. The van der Waals surface area contributed by atoms with Crippen molar-refractivity contribution in [1.29, 1.82) is 0 Å². The van der Waals surface area contributed by atoms with E-state index in [4.69, 9.17) is 9.47 Å². The van der Waals surface area contributed by atoms with E-state index in [1.807, 2.05) is 5.32 Å². The topological polar surface area (TPSA) is 64.6 Å². The average Bonchev–Trinajstić information content (AvgIpc) is 2.32. The molecule has 0 bridgehead atoms. The van der Waals surface area contributed by atoms with Gasteiger partial charge in [-0.05, 0) is 13.3 Å². The quantitative estimate of drug-likeness (QED) is 0.509. The first-order valence-electron chi connectivity index (χ1n) is 6.29. The van der Waals surface area contributed by atoms with Gasteiger partial charge in [0.1, 0.15) is 6.61 Å². The molecule has 0 unspecified atom stereocenters. The molecule has 0 atom stereocenters. The van der Waals surface area contributed by atoms with Crippen molar-refractivity contribution >= 4 is 12.0 Å². The lowest BCUT2D eigenvalue weighted by atomic mass is 10.2. The number of unbranched alkanes of at least 4 members (excludes halogenated alkanes) is 3. The van der Waals surface area contributed by atoms with Gasteiger partial charge in [0.15, 0.2) is 0 Å². The van der Waals surface area contributed by atoms with E-state index in [2.05, 4.69) is 13.5 Å². The van der Waals surface area contributed by atoms with Crippen LogP contribution < -0.4 is 5.32 Å². The molecule has 0 fully saturated rings. The predicted molar refractivity (Wildman–Crippen MR) is 69.3 cm³/mol. The van der Waals surface area contributed by atoms with Crippen LogP contribution in [0, 0.1) is 0 Å². The van der Waals surface area contributed by atoms with Gasteiger partial charge in [-0.3, -0.25) is 10.1 Å². The number of amides is 2. The Morgan fingerprint density at radius 2 is 1.83 bits per heavy atom. The Hall–Kier alpha value is -1.36. The highest BCUT2D eigenvalue weighted by molar-refractivity contribution is 6.01. The molecule has 0 aromatic rings. The van der Waals surface area contributed by atoms with Gasteiger partial charge in [-0.25, -0.2) is 4.79 Å². The molecule has 2 amide bonds. The second-order valence-corrected chi connectivity index (χ2v) is 4.04. The van der Waals surface area contributed by atoms with Crippen molar-refractivity contribution < 1.29 is 19.1 Å². The van der Waals surface area contributed by atoms with Gasteiger partial charge in [0.25, 0.3) is 5.91 Å². The zero-order valence-electron chi connectivity index (χ0n) is 11.3. The zero-order valence-corrected chi connectivity index (χ0v) is 11.3. The van der Waals surface area contributed by atoms with Crippen LogP contribution in [0.2, 0.25) is 0 Å². The fraction of sp³-hybridized carbons (Fsp3) is 0.692.